The van der Waals surface area contributed by atoms with E-state index in [1.807, 2.05) is 25.3 Å². The monoisotopic (exact) mass is 581 g/mol. The predicted molar refractivity (Wildman–Crippen MR) is 162 cm³/mol. The third kappa shape index (κ3) is 7.23. The summed E-state index contributed by atoms with van der Waals surface area (Å²) >= 11 is 6.47. The molecule has 4 aromatic rings. The lowest BCUT2D eigenvalue weighted by Gasteiger charge is -2.33. The van der Waals surface area contributed by atoms with Crippen LogP contribution in [-0.2, 0) is 0 Å². The van der Waals surface area contributed by atoms with Gasteiger partial charge in [0.05, 0.1) is 11.9 Å². The average molecular weight is 582 g/mol. The first-order valence-electron chi connectivity index (χ1n) is 14.0. The van der Waals surface area contributed by atoms with Crippen LogP contribution in [0, 0.1) is 12.7 Å². The van der Waals surface area contributed by atoms with Gasteiger partial charge in [-0.2, -0.15) is 4.98 Å². The Kier molecular flexibility index (Phi) is 9.50. The van der Waals surface area contributed by atoms with Crippen molar-refractivity contribution in [3.8, 4) is 11.6 Å². The fourth-order valence-corrected chi connectivity index (χ4v) is 5.03. The molecular formula is C29H37ClFN9O. The van der Waals surface area contributed by atoms with Crippen molar-refractivity contribution in [2.24, 2.45) is 0 Å². The van der Waals surface area contributed by atoms with Gasteiger partial charge in [-0.3, -0.25) is 0 Å². The highest BCUT2D eigenvalue weighted by Crippen LogP contribution is 2.35. The van der Waals surface area contributed by atoms with Crippen LogP contribution in [0.3, 0.4) is 0 Å². The molecule has 6 rings (SSSR count). The lowest BCUT2D eigenvalue weighted by atomic mass is 10.2. The number of nitrogens with one attached hydrogen (secondary N) is 3. The van der Waals surface area contributed by atoms with E-state index in [9.17, 15) is 4.39 Å². The number of H-pyrrole nitrogens is 1. The number of aromatic nitrogens is 4. The number of rotatable bonds is 6. The molecule has 5 heterocycles. The minimum atomic E-state index is -0.484. The number of halogens is 2. The van der Waals surface area contributed by atoms with E-state index < -0.39 is 5.82 Å². The number of pyridine rings is 1. The van der Waals surface area contributed by atoms with Gasteiger partial charge in [0.25, 0.3) is 0 Å². The standard InChI is InChI=1S/C23H23ClFN7O.C6H14N2/c1-14-11-16-17(29-14)4-5-18(21(16)25)33-23-20(24)22(27-13-28-23)30-19-6-3-15(12-26-19)32-9-7-31(2)8-10-32;1-2-8-5-3-7-4-6-8/h3-6,11-13,29H,7-10H2,1-2H3,(H,26,27,28,30);7H,2-6H2,1H3. The topological polar surface area (TPSA) is 97.5 Å². The normalized spacial score (nSPS) is 16.4. The zero-order valence-corrected chi connectivity index (χ0v) is 24.5. The van der Waals surface area contributed by atoms with Crippen molar-refractivity contribution in [3.63, 3.8) is 0 Å². The molecule has 0 saturated carbocycles. The second-order valence-corrected chi connectivity index (χ2v) is 10.6. The van der Waals surface area contributed by atoms with Crippen LogP contribution in [0.2, 0.25) is 5.02 Å². The zero-order chi connectivity index (χ0) is 28.8. The van der Waals surface area contributed by atoms with Gasteiger partial charge in [-0.05, 0) is 50.8 Å². The minimum Gasteiger partial charge on any atom is -0.434 e. The number of anilines is 3. The maximum absolute atomic E-state index is 14.9. The van der Waals surface area contributed by atoms with Crippen molar-refractivity contribution < 1.29 is 9.13 Å². The van der Waals surface area contributed by atoms with Crippen molar-refractivity contribution in [2.75, 3.05) is 76.2 Å². The lowest BCUT2D eigenvalue weighted by Crippen LogP contribution is -2.44. The Labute approximate surface area is 244 Å². The Morgan fingerprint density at radius 2 is 1.80 bits per heavy atom. The van der Waals surface area contributed by atoms with Crippen LogP contribution in [0.1, 0.15) is 12.6 Å². The molecule has 0 aliphatic carbocycles. The first-order chi connectivity index (χ1) is 19.9. The maximum atomic E-state index is 14.9. The molecule has 0 unspecified atom stereocenters. The van der Waals surface area contributed by atoms with Gasteiger partial charge in [0.2, 0.25) is 5.88 Å². The van der Waals surface area contributed by atoms with Gasteiger partial charge < -0.3 is 35.1 Å². The number of hydrogen-bond acceptors (Lipinski definition) is 9. The molecule has 0 radical (unpaired) electrons. The molecule has 218 valence electrons. The van der Waals surface area contributed by atoms with E-state index >= 15 is 0 Å². The van der Waals surface area contributed by atoms with E-state index in [4.69, 9.17) is 16.3 Å². The Hall–Kier alpha value is -3.51. The van der Waals surface area contributed by atoms with Crippen LogP contribution < -0.4 is 20.3 Å². The van der Waals surface area contributed by atoms with Gasteiger partial charge in [0, 0.05) is 69.0 Å². The first kappa shape index (κ1) is 29.0. The molecule has 1 aromatic carbocycles. The molecule has 0 spiro atoms. The number of aryl methyl sites for hydroxylation is 1. The van der Waals surface area contributed by atoms with E-state index in [0.29, 0.717) is 22.5 Å². The summed E-state index contributed by atoms with van der Waals surface area (Å²) in [6.07, 6.45) is 3.13. The highest BCUT2D eigenvalue weighted by Gasteiger charge is 2.18. The van der Waals surface area contributed by atoms with Gasteiger partial charge in [-0.1, -0.05) is 18.5 Å². The second-order valence-electron chi connectivity index (χ2n) is 10.2. The van der Waals surface area contributed by atoms with Crippen LogP contribution in [0.4, 0.5) is 21.7 Å². The number of fused-ring (bicyclic) bond motifs is 1. The van der Waals surface area contributed by atoms with E-state index in [2.05, 4.69) is 59.2 Å². The van der Waals surface area contributed by atoms with Gasteiger partial charge in [-0.15, -0.1) is 0 Å². The highest BCUT2D eigenvalue weighted by molar-refractivity contribution is 6.34. The molecule has 0 amide bonds. The second kappa shape index (κ2) is 13.4. The van der Waals surface area contributed by atoms with Crippen molar-refractivity contribution in [1.29, 1.82) is 0 Å². The summed E-state index contributed by atoms with van der Waals surface area (Å²) in [5.41, 5.74) is 2.62. The van der Waals surface area contributed by atoms with Crippen molar-refractivity contribution >= 4 is 39.8 Å². The van der Waals surface area contributed by atoms with Crippen LogP contribution >= 0.6 is 11.6 Å². The molecule has 0 bridgehead atoms. The molecule has 3 aromatic heterocycles. The number of hydrogen-bond donors (Lipinski definition) is 3. The summed E-state index contributed by atoms with van der Waals surface area (Å²) in [6.45, 7) is 14.1. The van der Waals surface area contributed by atoms with E-state index in [-0.39, 0.29) is 16.7 Å². The molecule has 12 heteroatoms. The van der Waals surface area contributed by atoms with Gasteiger partial charge in [-0.25, -0.2) is 14.4 Å². The highest BCUT2D eigenvalue weighted by atomic mass is 35.5. The zero-order valence-electron chi connectivity index (χ0n) is 23.8. The SMILES string of the molecule is CCN1CCNCC1.Cc1cc2c(F)c(Oc3ncnc(Nc4ccc(N5CCN(C)CC5)cn4)c3Cl)ccc2[nH]1. The maximum Gasteiger partial charge on any atom is 0.243 e. The Morgan fingerprint density at radius 1 is 1.02 bits per heavy atom. The molecule has 0 atom stereocenters. The minimum absolute atomic E-state index is 0.0303. The number of nitrogens with zero attached hydrogens (tertiary/aromatic N) is 6. The van der Waals surface area contributed by atoms with Gasteiger partial charge in [0.15, 0.2) is 17.4 Å². The lowest BCUT2D eigenvalue weighted by molar-refractivity contribution is 0.253. The Morgan fingerprint density at radius 3 is 2.49 bits per heavy atom. The largest absolute Gasteiger partial charge is 0.434 e. The Balaban J connectivity index is 0.000000365. The number of benzene rings is 1. The van der Waals surface area contributed by atoms with Crippen LogP contribution in [0.15, 0.2) is 42.9 Å². The molecule has 2 fully saturated rings. The molecule has 2 aliphatic heterocycles. The van der Waals surface area contributed by atoms with Crippen LogP contribution in [-0.4, -0.2) is 95.7 Å². The number of aromatic amines is 1. The van der Waals surface area contributed by atoms with Crippen LogP contribution in [0.25, 0.3) is 10.9 Å². The summed E-state index contributed by atoms with van der Waals surface area (Å²) in [6, 6.07) is 8.90. The fraction of sp³-hybridized carbons (Fsp3) is 0.414. The molecule has 2 saturated heterocycles. The van der Waals surface area contributed by atoms with Crippen molar-refractivity contribution in [1.82, 2.24) is 35.1 Å². The van der Waals surface area contributed by atoms with Gasteiger partial charge >= 0.3 is 0 Å². The predicted octanol–water partition coefficient (Wildman–Crippen LogP) is 4.65. The number of ether oxygens (including phenoxy) is 1. The van der Waals surface area contributed by atoms with E-state index in [1.54, 1.807) is 12.1 Å². The summed E-state index contributed by atoms with van der Waals surface area (Å²) < 4.78 is 20.6. The number of likely N-dealkylation sites (N-methyl/N-ethyl adjacent to an activating group) is 2. The van der Waals surface area contributed by atoms with Crippen molar-refractivity contribution in [3.05, 3.63) is 59.4 Å². The molecule has 3 N–H and O–H groups in total. The summed E-state index contributed by atoms with van der Waals surface area (Å²) in [7, 11) is 2.12. The summed E-state index contributed by atoms with van der Waals surface area (Å²) in [5, 5.41) is 6.97. The number of piperazine rings is 2. The van der Waals surface area contributed by atoms with E-state index in [1.165, 1.54) is 45.1 Å². The molecule has 41 heavy (non-hydrogen) atoms. The fourth-order valence-electron chi connectivity index (χ4n) is 4.84. The average Bonchev–Trinajstić information content (AvgIpc) is 3.39. The molecular weight excluding hydrogens is 545 g/mol. The van der Waals surface area contributed by atoms with Crippen LogP contribution in [0.5, 0.6) is 11.6 Å². The third-order valence-electron chi connectivity index (χ3n) is 7.32. The quantitative estimate of drug-likeness (QED) is 0.300. The third-order valence-corrected chi connectivity index (χ3v) is 7.66. The van der Waals surface area contributed by atoms with Gasteiger partial charge in [0.1, 0.15) is 17.2 Å². The molecule has 10 nitrogen and oxygen atoms in total. The van der Waals surface area contributed by atoms with E-state index in [0.717, 1.165) is 37.6 Å². The smallest absolute Gasteiger partial charge is 0.243 e. The summed E-state index contributed by atoms with van der Waals surface area (Å²) in [4.78, 5) is 22.9. The Bertz CT molecular complexity index is 1430. The van der Waals surface area contributed by atoms with Crippen molar-refractivity contribution in [2.45, 2.75) is 13.8 Å². The summed E-state index contributed by atoms with van der Waals surface area (Å²) in [5.74, 6) is 0.494. The first-order valence-corrected chi connectivity index (χ1v) is 14.3. The molecule has 2 aliphatic rings.